The maximum atomic E-state index is 13.6. The van der Waals surface area contributed by atoms with Gasteiger partial charge in [0, 0.05) is 43.0 Å². The average Bonchev–Trinajstić information content (AvgIpc) is 3.31. The molecule has 6 rings (SSSR count). The Labute approximate surface area is 233 Å². The minimum atomic E-state index is -0.193. The highest BCUT2D eigenvalue weighted by atomic mass is 32.2. The molecule has 10 heteroatoms. The van der Waals surface area contributed by atoms with Crippen LogP contribution in [0.15, 0.2) is 59.1 Å². The first-order valence-electron chi connectivity index (χ1n) is 13.7. The van der Waals surface area contributed by atoms with Crippen LogP contribution in [-0.4, -0.2) is 73.7 Å². The normalized spacial score (nSPS) is 26.7. The number of nitrogens with one attached hydrogen (secondary N) is 3. The van der Waals surface area contributed by atoms with Gasteiger partial charge >= 0.3 is 6.03 Å². The van der Waals surface area contributed by atoms with Crippen molar-refractivity contribution in [1.29, 1.82) is 0 Å². The van der Waals surface area contributed by atoms with Crippen LogP contribution >= 0.6 is 11.8 Å². The van der Waals surface area contributed by atoms with Crippen molar-refractivity contribution in [2.75, 3.05) is 44.3 Å². The number of morpholine rings is 1. The summed E-state index contributed by atoms with van der Waals surface area (Å²) in [5, 5.41) is 9.80. The van der Waals surface area contributed by atoms with E-state index in [4.69, 9.17) is 9.47 Å². The van der Waals surface area contributed by atoms with E-state index in [9.17, 15) is 9.59 Å². The number of piperidine rings is 1. The molecule has 39 heavy (non-hydrogen) atoms. The summed E-state index contributed by atoms with van der Waals surface area (Å²) in [6, 6.07) is 15.6. The van der Waals surface area contributed by atoms with Gasteiger partial charge in [0.15, 0.2) is 0 Å². The van der Waals surface area contributed by atoms with E-state index in [2.05, 4.69) is 27.8 Å². The molecule has 0 bridgehead atoms. The lowest BCUT2D eigenvalue weighted by Gasteiger charge is -2.46. The Morgan fingerprint density at radius 2 is 2.05 bits per heavy atom. The summed E-state index contributed by atoms with van der Waals surface area (Å²) in [5.74, 6) is 1.40. The molecule has 206 valence electrons. The number of aryl methyl sites for hydroxylation is 1. The summed E-state index contributed by atoms with van der Waals surface area (Å²) < 4.78 is 11.5. The van der Waals surface area contributed by atoms with Gasteiger partial charge in [-0.25, -0.2) is 4.79 Å². The zero-order valence-electron chi connectivity index (χ0n) is 22.3. The molecule has 0 aliphatic carbocycles. The summed E-state index contributed by atoms with van der Waals surface area (Å²) in [5.41, 5.74) is 2.57. The number of amides is 3. The van der Waals surface area contributed by atoms with Gasteiger partial charge in [0.05, 0.1) is 29.5 Å². The molecular formula is C29H35N5O4S. The molecule has 3 fully saturated rings. The van der Waals surface area contributed by atoms with E-state index in [0.29, 0.717) is 17.5 Å². The van der Waals surface area contributed by atoms with Crippen LogP contribution in [0.4, 0.5) is 10.5 Å². The van der Waals surface area contributed by atoms with E-state index in [0.717, 1.165) is 67.7 Å². The summed E-state index contributed by atoms with van der Waals surface area (Å²) in [6.45, 7) is 8.59. The molecule has 4 heterocycles. The second-order valence-electron chi connectivity index (χ2n) is 10.5. The van der Waals surface area contributed by atoms with Gasteiger partial charge in [-0.1, -0.05) is 30.0 Å². The number of benzene rings is 2. The number of hydrogen-bond donors (Lipinski definition) is 3. The lowest BCUT2D eigenvalue weighted by Crippen LogP contribution is -2.62. The van der Waals surface area contributed by atoms with Crippen LogP contribution in [0.1, 0.15) is 18.9 Å². The number of carbonyl (C=O) groups is 2. The topological polar surface area (TPSA) is 95.2 Å². The van der Waals surface area contributed by atoms with Gasteiger partial charge in [0.1, 0.15) is 11.5 Å². The first-order chi connectivity index (χ1) is 19.0. The smallest absolute Gasteiger partial charge is 0.326 e. The van der Waals surface area contributed by atoms with Crippen LogP contribution in [0, 0.1) is 12.8 Å². The summed E-state index contributed by atoms with van der Waals surface area (Å²) in [4.78, 5) is 31.7. The minimum Gasteiger partial charge on any atom is -0.457 e. The van der Waals surface area contributed by atoms with Gasteiger partial charge in [0.2, 0.25) is 0 Å². The van der Waals surface area contributed by atoms with Crippen molar-refractivity contribution >= 4 is 29.4 Å². The Morgan fingerprint density at radius 1 is 1.21 bits per heavy atom. The van der Waals surface area contributed by atoms with Gasteiger partial charge in [-0.3, -0.25) is 14.6 Å². The zero-order valence-corrected chi connectivity index (χ0v) is 23.1. The maximum Gasteiger partial charge on any atom is 0.326 e. The van der Waals surface area contributed by atoms with Crippen molar-refractivity contribution in [2.45, 2.75) is 37.7 Å². The van der Waals surface area contributed by atoms with Gasteiger partial charge in [-0.15, -0.1) is 0 Å². The van der Waals surface area contributed by atoms with Crippen molar-refractivity contribution in [3.05, 3.63) is 64.7 Å². The largest absolute Gasteiger partial charge is 0.457 e. The molecule has 4 aliphatic rings. The Balaban J connectivity index is 1.18. The third-order valence-corrected chi connectivity index (χ3v) is 9.30. The first-order valence-corrected chi connectivity index (χ1v) is 14.6. The third-order valence-electron chi connectivity index (χ3n) is 7.94. The number of carbonyl (C=O) groups excluding carboxylic acids is 2. The Kier molecular flexibility index (Phi) is 7.53. The standard InChI is InChI=1S/C29H35N5O4S/c1-18-16-21(38-20-6-4-3-5-7-20)8-9-22(18)34-23-10-11-31-28-24(23)25(32-29(34)36)26(39-28)27(35)30-12-13-33-14-15-37-17-19(33)2/h3-9,16,19,23-24,28,31H,10-15,17H2,1-2H3,(H,30,35)(H,32,36)/t19-,23?,24?,28?/m0/s1. The number of thioether (sulfide) groups is 1. The molecule has 3 N–H and O–H groups in total. The fourth-order valence-electron chi connectivity index (χ4n) is 5.98. The van der Waals surface area contributed by atoms with E-state index in [1.165, 1.54) is 11.8 Å². The predicted molar refractivity (Wildman–Crippen MR) is 152 cm³/mol. The van der Waals surface area contributed by atoms with Crippen LogP contribution in [0.3, 0.4) is 0 Å². The van der Waals surface area contributed by atoms with Crippen molar-refractivity contribution in [3.8, 4) is 11.5 Å². The molecule has 0 aromatic heterocycles. The highest BCUT2D eigenvalue weighted by molar-refractivity contribution is 8.04. The van der Waals surface area contributed by atoms with E-state index in [1.807, 2.05) is 60.4 Å². The van der Waals surface area contributed by atoms with Crippen LogP contribution in [0.2, 0.25) is 0 Å². The van der Waals surface area contributed by atoms with Crippen LogP contribution in [0.5, 0.6) is 11.5 Å². The van der Waals surface area contributed by atoms with E-state index >= 15 is 0 Å². The second kappa shape index (κ2) is 11.2. The number of rotatable bonds is 7. The first kappa shape index (κ1) is 26.2. The fourth-order valence-corrected chi connectivity index (χ4v) is 7.39. The summed E-state index contributed by atoms with van der Waals surface area (Å²) >= 11 is 1.53. The number of ether oxygens (including phenoxy) is 2. The lowest BCUT2D eigenvalue weighted by atomic mass is 9.86. The predicted octanol–water partition coefficient (Wildman–Crippen LogP) is 3.42. The van der Waals surface area contributed by atoms with Crippen molar-refractivity contribution < 1.29 is 19.1 Å². The van der Waals surface area contributed by atoms with Crippen LogP contribution in [0.25, 0.3) is 0 Å². The zero-order chi connectivity index (χ0) is 26.9. The monoisotopic (exact) mass is 549 g/mol. The Morgan fingerprint density at radius 3 is 2.85 bits per heavy atom. The molecule has 2 aromatic rings. The summed E-state index contributed by atoms with van der Waals surface area (Å²) in [6.07, 6.45) is 0.810. The summed E-state index contributed by atoms with van der Waals surface area (Å²) in [7, 11) is 0. The molecular weight excluding hydrogens is 514 g/mol. The van der Waals surface area contributed by atoms with Crippen LogP contribution in [-0.2, 0) is 9.53 Å². The average molecular weight is 550 g/mol. The van der Waals surface area contributed by atoms with Crippen LogP contribution < -0.4 is 25.6 Å². The highest BCUT2D eigenvalue weighted by Crippen LogP contribution is 2.48. The molecule has 4 atom stereocenters. The Bertz CT molecular complexity index is 1270. The minimum absolute atomic E-state index is 0.0149. The van der Waals surface area contributed by atoms with Gasteiger partial charge in [-0.2, -0.15) is 0 Å². The van der Waals surface area contributed by atoms with Gasteiger partial charge < -0.3 is 25.4 Å². The van der Waals surface area contributed by atoms with Gasteiger partial charge in [-0.05, 0) is 62.7 Å². The number of urea groups is 1. The van der Waals surface area contributed by atoms with Crippen molar-refractivity contribution in [2.24, 2.45) is 5.92 Å². The maximum absolute atomic E-state index is 13.6. The fraction of sp³-hybridized carbons (Fsp3) is 0.448. The number of para-hydroxylation sites is 1. The quantitative estimate of drug-likeness (QED) is 0.487. The number of nitrogens with zero attached hydrogens (tertiary/aromatic N) is 2. The highest BCUT2D eigenvalue weighted by Gasteiger charge is 2.51. The van der Waals surface area contributed by atoms with Crippen molar-refractivity contribution in [3.63, 3.8) is 0 Å². The number of anilines is 1. The van der Waals surface area contributed by atoms with Gasteiger partial charge in [0.25, 0.3) is 5.91 Å². The molecule has 0 spiro atoms. The molecule has 3 amide bonds. The van der Waals surface area contributed by atoms with Crippen molar-refractivity contribution in [1.82, 2.24) is 20.9 Å². The van der Waals surface area contributed by atoms with E-state index < -0.39 is 0 Å². The number of hydrogen-bond acceptors (Lipinski definition) is 7. The molecule has 0 saturated carbocycles. The molecule has 0 radical (unpaired) electrons. The molecule has 2 aromatic carbocycles. The second-order valence-corrected chi connectivity index (χ2v) is 11.6. The van der Waals surface area contributed by atoms with E-state index in [-0.39, 0.29) is 29.3 Å². The molecule has 3 saturated heterocycles. The molecule has 3 unspecified atom stereocenters. The molecule has 4 aliphatic heterocycles. The SMILES string of the molecule is Cc1cc(Oc2ccccc2)ccc1N1C(=O)NC2=C(C(=O)NCCN3CCOC[C@@H]3C)SC3NCCC1C23. The lowest BCUT2D eigenvalue weighted by molar-refractivity contribution is -0.117. The van der Waals surface area contributed by atoms with E-state index in [1.54, 1.807) is 0 Å². The third kappa shape index (κ3) is 5.26. The molecule has 9 nitrogen and oxygen atoms in total. The Hall–Kier alpha value is -3.05.